The summed E-state index contributed by atoms with van der Waals surface area (Å²) in [7, 11) is 0. The van der Waals surface area contributed by atoms with Gasteiger partial charge in [0.2, 0.25) is 0 Å². The van der Waals surface area contributed by atoms with Crippen LogP contribution in [0.3, 0.4) is 0 Å². The van der Waals surface area contributed by atoms with Crippen molar-refractivity contribution in [2.45, 2.75) is 0 Å². The highest BCUT2D eigenvalue weighted by Gasteiger charge is 2.14. The molecule has 0 saturated heterocycles. The normalized spacial score (nSPS) is 10.9. The Morgan fingerprint density at radius 1 is 1.00 bits per heavy atom. The number of hydrogen-bond acceptors (Lipinski definition) is 2. The largest absolute Gasteiger partial charge is 0.504 e. The van der Waals surface area contributed by atoms with E-state index in [9.17, 15) is 23.1 Å². The quantitative estimate of drug-likeness (QED) is 0.686. The molecule has 1 N–H and O–H groups in total. The Kier molecular flexibility index (Phi) is 3.89. The highest BCUT2D eigenvalue weighted by Crippen LogP contribution is 2.23. The van der Waals surface area contributed by atoms with Crippen LogP contribution in [-0.4, -0.2) is 10.9 Å². The van der Waals surface area contributed by atoms with Crippen LogP contribution < -0.4 is 0 Å². The number of carbonyl (C=O) groups is 1. The Labute approximate surface area is 112 Å². The smallest absolute Gasteiger partial charge is 0.189 e. The van der Waals surface area contributed by atoms with Crippen molar-refractivity contribution < 1.29 is 23.1 Å². The minimum absolute atomic E-state index is 0.418. The Bertz CT molecular complexity index is 676. The van der Waals surface area contributed by atoms with Gasteiger partial charge in [0.1, 0.15) is 11.6 Å². The van der Waals surface area contributed by atoms with Crippen LogP contribution in [0.2, 0.25) is 0 Å². The lowest BCUT2D eigenvalue weighted by Crippen LogP contribution is -1.98. The second kappa shape index (κ2) is 5.61. The Morgan fingerprint density at radius 2 is 1.65 bits per heavy atom. The van der Waals surface area contributed by atoms with E-state index in [0.29, 0.717) is 11.6 Å². The molecular formula is C15H9F3O2. The van der Waals surface area contributed by atoms with E-state index in [4.69, 9.17) is 0 Å². The van der Waals surface area contributed by atoms with Crippen LogP contribution in [0.4, 0.5) is 13.2 Å². The highest BCUT2D eigenvalue weighted by molar-refractivity contribution is 6.08. The van der Waals surface area contributed by atoms with Crippen LogP contribution in [-0.2, 0) is 0 Å². The first kappa shape index (κ1) is 13.9. The number of carbonyl (C=O) groups excluding carboxylic acids is 1. The van der Waals surface area contributed by atoms with Gasteiger partial charge in [0.05, 0.1) is 5.56 Å². The SMILES string of the molecule is O=C(C=Cc1ccc(F)cc1)c1cc(F)cc(F)c1O. The Hall–Kier alpha value is -2.56. The summed E-state index contributed by atoms with van der Waals surface area (Å²) in [5.41, 5.74) is 0.0666. The topological polar surface area (TPSA) is 37.3 Å². The van der Waals surface area contributed by atoms with E-state index < -0.39 is 34.5 Å². The molecule has 0 spiro atoms. The summed E-state index contributed by atoms with van der Waals surface area (Å²) >= 11 is 0. The molecule has 0 bridgehead atoms. The second-order valence-corrected chi connectivity index (χ2v) is 4.03. The molecule has 2 nitrogen and oxygen atoms in total. The molecule has 0 aliphatic carbocycles. The van der Waals surface area contributed by atoms with E-state index in [1.165, 1.54) is 30.3 Å². The first-order valence-electron chi connectivity index (χ1n) is 5.63. The maximum atomic E-state index is 13.1. The summed E-state index contributed by atoms with van der Waals surface area (Å²) in [5.74, 6) is -4.24. The van der Waals surface area contributed by atoms with Crippen molar-refractivity contribution in [3.05, 3.63) is 71.1 Å². The van der Waals surface area contributed by atoms with Crippen LogP contribution >= 0.6 is 0 Å². The monoisotopic (exact) mass is 278 g/mol. The van der Waals surface area contributed by atoms with Crippen LogP contribution in [0.15, 0.2) is 42.5 Å². The highest BCUT2D eigenvalue weighted by atomic mass is 19.1. The molecule has 2 rings (SSSR count). The Balaban J connectivity index is 2.26. The van der Waals surface area contributed by atoms with Crippen molar-refractivity contribution in [2.24, 2.45) is 0 Å². The molecule has 0 saturated carbocycles. The van der Waals surface area contributed by atoms with E-state index >= 15 is 0 Å². The molecule has 0 atom stereocenters. The summed E-state index contributed by atoms with van der Waals surface area (Å²) in [6, 6.07) is 6.52. The average molecular weight is 278 g/mol. The van der Waals surface area contributed by atoms with Crippen LogP contribution in [0.25, 0.3) is 6.08 Å². The zero-order chi connectivity index (χ0) is 14.7. The molecular weight excluding hydrogens is 269 g/mol. The van der Waals surface area contributed by atoms with Gasteiger partial charge in [-0.25, -0.2) is 13.2 Å². The molecule has 0 radical (unpaired) electrons. The molecule has 20 heavy (non-hydrogen) atoms. The van der Waals surface area contributed by atoms with Gasteiger partial charge in [0.25, 0.3) is 0 Å². The van der Waals surface area contributed by atoms with Gasteiger partial charge in [-0.3, -0.25) is 4.79 Å². The molecule has 0 unspecified atom stereocenters. The number of allylic oxidation sites excluding steroid dienone is 1. The third kappa shape index (κ3) is 3.06. The number of halogens is 3. The number of rotatable bonds is 3. The van der Waals surface area contributed by atoms with Crippen molar-refractivity contribution >= 4 is 11.9 Å². The maximum absolute atomic E-state index is 13.1. The van der Waals surface area contributed by atoms with E-state index in [1.54, 1.807) is 0 Å². The summed E-state index contributed by atoms with van der Waals surface area (Å²) < 4.78 is 38.8. The molecule has 2 aromatic carbocycles. The minimum atomic E-state index is -1.21. The predicted molar refractivity (Wildman–Crippen MR) is 67.8 cm³/mol. The zero-order valence-electron chi connectivity index (χ0n) is 10.1. The third-order valence-corrected chi connectivity index (χ3v) is 2.59. The molecule has 0 fully saturated rings. The van der Waals surface area contributed by atoms with Crippen molar-refractivity contribution in [1.82, 2.24) is 0 Å². The predicted octanol–water partition coefficient (Wildman–Crippen LogP) is 3.71. The Morgan fingerprint density at radius 3 is 2.30 bits per heavy atom. The van der Waals surface area contributed by atoms with Gasteiger partial charge in [0.15, 0.2) is 17.3 Å². The average Bonchev–Trinajstić information content (AvgIpc) is 2.42. The molecule has 2 aromatic rings. The van der Waals surface area contributed by atoms with Gasteiger partial charge >= 0.3 is 0 Å². The van der Waals surface area contributed by atoms with Crippen molar-refractivity contribution in [3.63, 3.8) is 0 Å². The lowest BCUT2D eigenvalue weighted by molar-refractivity contribution is 0.104. The zero-order valence-corrected chi connectivity index (χ0v) is 10.1. The second-order valence-electron chi connectivity index (χ2n) is 4.03. The van der Waals surface area contributed by atoms with Gasteiger partial charge in [-0.2, -0.15) is 0 Å². The summed E-state index contributed by atoms with van der Waals surface area (Å²) in [4.78, 5) is 11.8. The number of benzene rings is 2. The first-order valence-corrected chi connectivity index (χ1v) is 5.63. The van der Waals surface area contributed by atoms with E-state index in [0.717, 1.165) is 12.1 Å². The molecule has 0 amide bonds. The van der Waals surface area contributed by atoms with Crippen LogP contribution in [0.5, 0.6) is 5.75 Å². The van der Waals surface area contributed by atoms with Gasteiger partial charge in [-0.15, -0.1) is 0 Å². The molecule has 0 aliphatic heterocycles. The number of ketones is 1. The van der Waals surface area contributed by atoms with E-state index in [2.05, 4.69) is 0 Å². The van der Waals surface area contributed by atoms with Gasteiger partial charge in [-0.05, 0) is 29.8 Å². The van der Waals surface area contributed by atoms with E-state index in [1.807, 2.05) is 0 Å². The standard InChI is InChI=1S/C15H9F3O2/c16-10-4-1-9(2-5-10)3-6-14(19)12-7-11(17)8-13(18)15(12)20/h1-8,20H. The van der Waals surface area contributed by atoms with E-state index in [-0.39, 0.29) is 0 Å². The van der Waals surface area contributed by atoms with Crippen molar-refractivity contribution in [2.75, 3.05) is 0 Å². The van der Waals surface area contributed by atoms with Gasteiger partial charge in [0, 0.05) is 6.07 Å². The van der Waals surface area contributed by atoms with Gasteiger partial charge < -0.3 is 5.11 Å². The first-order chi connectivity index (χ1) is 9.47. The lowest BCUT2D eigenvalue weighted by Gasteiger charge is -2.02. The molecule has 102 valence electrons. The number of phenols is 1. The van der Waals surface area contributed by atoms with Crippen molar-refractivity contribution in [1.29, 1.82) is 0 Å². The summed E-state index contributed by atoms with van der Waals surface area (Å²) in [6.45, 7) is 0. The van der Waals surface area contributed by atoms with Crippen molar-refractivity contribution in [3.8, 4) is 5.75 Å². The van der Waals surface area contributed by atoms with Crippen LogP contribution in [0.1, 0.15) is 15.9 Å². The number of phenolic OH excluding ortho intramolecular Hbond substituents is 1. The fraction of sp³-hybridized carbons (Fsp3) is 0. The third-order valence-electron chi connectivity index (χ3n) is 2.59. The number of hydrogen-bond donors (Lipinski definition) is 1. The van der Waals surface area contributed by atoms with Gasteiger partial charge in [-0.1, -0.05) is 18.2 Å². The molecule has 0 aliphatic rings. The lowest BCUT2D eigenvalue weighted by atomic mass is 10.1. The summed E-state index contributed by atoms with van der Waals surface area (Å²) in [6.07, 6.45) is 2.39. The minimum Gasteiger partial charge on any atom is -0.504 e. The van der Waals surface area contributed by atoms with Crippen LogP contribution in [0, 0.1) is 17.5 Å². The fourth-order valence-corrected chi connectivity index (χ4v) is 1.59. The molecule has 0 aromatic heterocycles. The summed E-state index contributed by atoms with van der Waals surface area (Å²) in [5, 5.41) is 9.38. The number of aromatic hydroxyl groups is 1. The fourth-order valence-electron chi connectivity index (χ4n) is 1.59. The maximum Gasteiger partial charge on any atom is 0.189 e. The molecule has 0 heterocycles. The molecule has 5 heteroatoms.